The first-order valence-electron chi connectivity index (χ1n) is 5.47. The Morgan fingerprint density at radius 1 is 1.69 bits per heavy atom. The molecule has 0 saturated carbocycles. The molecule has 0 saturated heterocycles. The number of amides is 1. The van der Waals surface area contributed by atoms with Gasteiger partial charge in [-0.2, -0.15) is 0 Å². The van der Waals surface area contributed by atoms with Crippen LogP contribution in [0, 0.1) is 0 Å². The van der Waals surface area contributed by atoms with E-state index in [1.54, 1.807) is 7.11 Å². The summed E-state index contributed by atoms with van der Waals surface area (Å²) < 4.78 is 5.06. The van der Waals surface area contributed by atoms with Gasteiger partial charge in [-0.25, -0.2) is 0 Å². The van der Waals surface area contributed by atoms with Crippen molar-refractivity contribution < 1.29 is 9.53 Å². The first kappa shape index (κ1) is 15.4. The van der Waals surface area contributed by atoms with Crippen molar-refractivity contribution in [3.8, 4) is 0 Å². The lowest BCUT2D eigenvalue weighted by molar-refractivity contribution is -0.131. The van der Waals surface area contributed by atoms with Gasteiger partial charge in [-0.15, -0.1) is 12.4 Å². The molecule has 0 bridgehead atoms. The fourth-order valence-corrected chi connectivity index (χ4v) is 1.60. The molecule has 1 atom stereocenters. The minimum atomic E-state index is -0.313. The highest BCUT2D eigenvalue weighted by Crippen LogP contribution is 2.03. The van der Waals surface area contributed by atoms with Gasteiger partial charge in [0.25, 0.3) is 0 Å². The number of carbonyl (C=O) groups is 1. The molecule has 1 heterocycles. The van der Waals surface area contributed by atoms with Crippen LogP contribution < -0.4 is 10.6 Å². The molecule has 1 rings (SSSR count). The predicted molar refractivity (Wildman–Crippen MR) is 66.9 cm³/mol. The molecule has 16 heavy (non-hydrogen) atoms. The third-order valence-electron chi connectivity index (χ3n) is 2.60. The van der Waals surface area contributed by atoms with Crippen LogP contribution in [0.2, 0.25) is 0 Å². The molecule has 0 aromatic carbocycles. The number of hydrogen-bond acceptors (Lipinski definition) is 3. The average molecular weight is 249 g/mol. The molecule has 0 aromatic heterocycles. The summed E-state index contributed by atoms with van der Waals surface area (Å²) in [5, 5.41) is 6.13. The predicted octanol–water partition coefficient (Wildman–Crippen LogP) is 0.869. The highest BCUT2D eigenvalue weighted by atomic mass is 35.5. The third kappa shape index (κ3) is 4.96. The van der Waals surface area contributed by atoms with Crippen LogP contribution in [0.3, 0.4) is 0 Å². The highest BCUT2D eigenvalue weighted by molar-refractivity contribution is 5.85. The molecule has 4 nitrogen and oxygen atoms in total. The van der Waals surface area contributed by atoms with E-state index in [4.69, 9.17) is 4.74 Å². The number of nitrogens with one attached hydrogen (secondary N) is 2. The smallest absolute Gasteiger partial charge is 0.249 e. The SMILES string of the molecule is CCC(OC)C(=O)NCC1=CCNCC1.Cl. The molecule has 5 heteroatoms. The first-order chi connectivity index (χ1) is 7.27. The molecule has 1 aliphatic rings. The lowest BCUT2D eigenvalue weighted by Crippen LogP contribution is -2.37. The molecule has 0 fully saturated rings. The molecule has 0 aliphatic carbocycles. The maximum absolute atomic E-state index is 11.6. The Kier molecular flexibility index (Phi) is 8.25. The molecule has 0 aromatic rings. The van der Waals surface area contributed by atoms with Crippen molar-refractivity contribution in [1.82, 2.24) is 10.6 Å². The molecule has 1 unspecified atom stereocenters. The second-order valence-electron chi connectivity index (χ2n) is 3.67. The summed E-state index contributed by atoms with van der Waals surface area (Å²) in [7, 11) is 1.57. The highest BCUT2D eigenvalue weighted by Gasteiger charge is 2.15. The number of methoxy groups -OCH3 is 1. The van der Waals surface area contributed by atoms with E-state index in [0.29, 0.717) is 13.0 Å². The zero-order chi connectivity index (χ0) is 11.1. The van der Waals surface area contributed by atoms with E-state index in [1.807, 2.05) is 6.92 Å². The zero-order valence-electron chi connectivity index (χ0n) is 9.91. The van der Waals surface area contributed by atoms with Gasteiger partial charge in [-0.3, -0.25) is 4.79 Å². The van der Waals surface area contributed by atoms with Crippen LogP contribution in [-0.4, -0.2) is 38.8 Å². The summed E-state index contributed by atoms with van der Waals surface area (Å²) in [6, 6.07) is 0. The molecule has 0 radical (unpaired) electrons. The van der Waals surface area contributed by atoms with Gasteiger partial charge in [0.05, 0.1) is 0 Å². The Hall–Kier alpha value is -0.580. The van der Waals surface area contributed by atoms with Gasteiger partial charge in [0, 0.05) is 20.2 Å². The first-order valence-corrected chi connectivity index (χ1v) is 5.47. The Morgan fingerprint density at radius 2 is 2.44 bits per heavy atom. The number of hydrogen-bond donors (Lipinski definition) is 2. The van der Waals surface area contributed by atoms with Crippen molar-refractivity contribution in [2.75, 3.05) is 26.7 Å². The minimum absolute atomic E-state index is 0. The minimum Gasteiger partial charge on any atom is -0.372 e. The van der Waals surface area contributed by atoms with Crippen LogP contribution >= 0.6 is 12.4 Å². The van der Waals surface area contributed by atoms with Crippen LogP contribution in [-0.2, 0) is 9.53 Å². The fraction of sp³-hybridized carbons (Fsp3) is 0.727. The quantitative estimate of drug-likeness (QED) is 0.710. The van der Waals surface area contributed by atoms with Gasteiger partial charge < -0.3 is 15.4 Å². The summed E-state index contributed by atoms with van der Waals surface area (Å²) in [4.78, 5) is 11.6. The van der Waals surface area contributed by atoms with Gasteiger partial charge in [0.2, 0.25) is 5.91 Å². The lowest BCUT2D eigenvalue weighted by Gasteiger charge is -2.17. The maximum Gasteiger partial charge on any atom is 0.249 e. The van der Waals surface area contributed by atoms with Gasteiger partial charge in [-0.05, 0) is 19.4 Å². The van der Waals surface area contributed by atoms with Crippen molar-refractivity contribution >= 4 is 18.3 Å². The van der Waals surface area contributed by atoms with E-state index in [1.165, 1.54) is 5.57 Å². The molecular weight excluding hydrogens is 228 g/mol. The van der Waals surface area contributed by atoms with E-state index in [0.717, 1.165) is 19.5 Å². The van der Waals surface area contributed by atoms with Crippen LogP contribution in [0.25, 0.3) is 0 Å². The van der Waals surface area contributed by atoms with E-state index < -0.39 is 0 Å². The lowest BCUT2D eigenvalue weighted by atomic mass is 10.1. The van der Waals surface area contributed by atoms with E-state index in [2.05, 4.69) is 16.7 Å². The summed E-state index contributed by atoms with van der Waals surface area (Å²) in [6.45, 7) is 4.51. The number of rotatable bonds is 5. The summed E-state index contributed by atoms with van der Waals surface area (Å²) in [6.07, 6.45) is 3.55. The van der Waals surface area contributed by atoms with Crippen LogP contribution in [0.4, 0.5) is 0 Å². The summed E-state index contributed by atoms with van der Waals surface area (Å²) in [5.41, 5.74) is 1.30. The Morgan fingerprint density at radius 3 is 2.94 bits per heavy atom. The van der Waals surface area contributed by atoms with Crippen molar-refractivity contribution in [2.45, 2.75) is 25.9 Å². The topological polar surface area (TPSA) is 50.4 Å². The maximum atomic E-state index is 11.6. The number of halogens is 1. The van der Waals surface area contributed by atoms with Crippen LogP contribution in [0.1, 0.15) is 19.8 Å². The molecular formula is C11H21ClN2O2. The zero-order valence-corrected chi connectivity index (χ0v) is 10.7. The third-order valence-corrected chi connectivity index (χ3v) is 2.60. The second kappa shape index (κ2) is 8.56. The van der Waals surface area contributed by atoms with E-state index in [-0.39, 0.29) is 24.4 Å². The Bertz CT molecular complexity index is 240. The molecule has 0 spiro atoms. The number of ether oxygens (including phenoxy) is 1. The normalized spacial score (nSPS) is 17.0. The van der Waals surface area contributed by atoms with Gasteiger partial charge in [-0.1, -0.05) is 18.6 Å². The standard InChI is InChI=1S/C11H20N2O2.ClH/c1-3-10(15-2)11(14)13-8-9-4-6-12-7-5-9;/h4,10,12H,3,5-8H2,1-2H3,(H,13,14);1H. The average Bonchev–Trinajstić information content (AvgIpc) is 2.29. The monoisotopic (exact) mass is 248 g/mol. The largest absolute Gasteiger partial charge is 0.372 e. The van der Waals surface area contributed by atoms with Gasteiger partial charge in [0.15, 0.2) is 0 Å². The van der Waals surface area contributed by atoms with Crippen molar-refractivity contribution in [3.05, 3.63) is 11.6 Å². The van der Waals surface area contributed by atoms with E-state index >= 15 is 0 Å². The van der Waals surface area contributed by atoms with Crippen molar-refractivity contribution in [3.63, 3.8) is 0 Å². The van der Waals surface area contributed by atoms with Gasteiger partial charge in [0.1, 0.15) is 6.10 Å². The van der Waals surface area contributed by atoms with Crippen molar-refractivity contribution in [1.29, 1.82) is 0 Å². The Balaban J connectivity index is 0.00000225. The van der Waals surface area contributed by atoms with E-state index in [9.17, 15) is 4.79 Å². The molecule has 94 valence electrons. The number of carbonyl (C=O) groups excluding carboxylic acids is 1. The summed E-state index contributed by atoms with van der Waals surface area (Å²) in [5.74, 6) is -0.0144. The fourth-order valence-electron chi connectivity index (χ4n) is 1.60. The molecule has 1 amide bonds. The summed E-state index contributed by atoms with van der Waals surface area (Å²) >= 11 is 0. The second-order valence-corrected chi connectivity index (χ2v) is 3.67. The molecule has 2 N–H and O–H groups in total. The van der Waals surface area contributed by atoms with Gasteiger partial charge >= 0.3 is 0 Å². The Labute approximate surface area is 103 Å². The van der Waals surface area contributed by atoms with Crippen LogP contribution in [0.5, 0.6) is 0 Å². The van der Waals surface area contributed by atoms with Crippen LogP contribution in [0.15, 0.2) is 11.6 Å². The molecule has 1 aliphatic heterocycles. The van der Waals surface area contributed by atoms with Crippen molar-refractivity contribution in [2.24, 2.45) is 0 Å².